The zero-order chi connectivity index (χ0) is 50.2. The zero-order valence-electron chi connectivity index (χ0n) is 41.6. The van der Waals surface area contributed by atoms with Gasteiger partial charge in [-0.1, -0.05) is 237 Å². The summed E-state index contributed by atoms with van der Waals surface area (Å²) in [5.74, 6) is 0. The second kappa shape index (κ2) is 17.7. The third-order valence-corrected chi connectivity index (χ3v) is 20.7. The van der Waals surface area contributed by atoms with Gasteiger partial charge in [0.2, 0.25) is 0 Å². The smallest absolute Gasteiger partial charge is 0.179 e. The summed E-state index contributed by atoms with van der Waals surface area (Å²) in [7, 11) is -2.89. The second-order valence-electron chi connectivity index (χ2n) is 20.0. The predicted molar refractivity (Wildman–Crippen MR) is 324 cm³/mol. The Kier molecular flexibility index (Phi) is 10.2. The van der Waals surface area contributed by atoms with Crippen molar-refractivity contribution in [1.29, 1.82) is 0 Å². The molecule has 0 amide bonds. The first kappa shape index (κ1) is 43.8. The van der Waals surface area contributed by atoms with Gasteiger partial charge in [0.15, 0.2) is 8.07 Å². The highest BCUT2D eigenvalue weighted by Crippen LogP contribution is 2.40. The van der Waals surface area contributed by atoms with Crippen LogP contribution in [-0.4, -0.2) is 21.8 Å². The van der Waals surface area contributed by atoms with Crippen LogP contribution in [0.5, 0.6) is 0 Å². The average Bonchev–Trinajstić information content (AvgIpc) is 4.23. The molecule has 15 rings (SSSR count). The van der Waals surface area contributed by atoms with Crippen molar-refractivity contribution < 1.29 is 0 Å². The molecule has 0 aliphatic carbocycles. The highest BCUT2D eigenvalue weighted by atomic mass is 28.3. The second-order valence-corrected chi connectivity index (χ2v) is 23.8. The molecule has 15 aromatic rings. The number of para-hydroxylation sites is 5. The molecule has 0 unspecified atom stereocenters. The van der Waals surface area contributed by atoms with Gasteiger partial charge in [0.25, 0.3) is 0 Å². The maximum Gasteiger partial charge on any atom is 0.179 e. The van der Waals surface area contributed by atoms with E-state index in [1.807, 2.05) is 0 Å². The molecular formula is C72H49N3Si. The molecule has 0 saturated carbocycles. The van der Waals surface area contributed by atoms with Gasteiger partial charge in [-0.2, -0.15) is 0 Å². The van der Waals surface area contributed by atoms with Crippen LogP contribution in [0.4, 0.5) is 0 Å². The summed E-state index contributed by atoms with van der Waals surface area (Å²) in [4.78, 5) is 0. The van der Waals surface area contributed by atoms with Crippen molar-refractivity contribution in [3.8, 4) is 39.3 Å². The molecule has 0 N–H and O–H groups in total. The minimum atomic E-state index is -2.89. The molecule has 0 aliphatic heterocycles. The van der Waals surface area contributed by atoms with Crippen molar-refractivity contribution in [3.05, 3.63) is 297 Å². The lowest BCUT2D eigenvalue weighted by Crippen LogP contribution is -2.74. The van der Waals surface area contributed by atoms with Crippen LogP contribution in [0.25, 0.3) is 105 Å². The van der Waals surface area contributed by atoms with Gasteiger partial charge in [-0.3, -0.25) is 0 Å². The van der Waals surface area contributed by atoms with Crippen molar-refractivity contribution in [1.82, 2.24) is 13.7 Å². The summed E-state index contributed by atoms with van der Waals surface area (Å²) in [6, 6.07) is 111. The number of fused-ring (bicyclic) bond motifs is 9. The van der Waals surface area contributed by atoms with Gasteiger partial charge in [0, 0.05) is 49.4 Å². The minimum absolute atomic E-state index is 1.10. The van der Waals surface area contributed by atoms with Gasteiger partial charge in [-0.15, -0.1) is 0 Å². The molecule has 76 heavy (non-hydrogen) atoms. The lowest BCUT2D eigenvalue weighted by molar-refractivity contribution is 1.13. The summed E-state index contributed by atoms with van der Waals surface area (Å²) < 4.78 is 7.39. The van der Waals surface area contributed by atoms with E-state index < -0.39 is 8.07 Å². The third-order valence-electron chi connectivity index (χ3n) is 16.0. The summed E-state index contributed by atoms with van der Waals surface area (Å²) in [6.07, 6.45) is 0. The van der Waals surface area contributed by atoms with E-state index in [-0.39, 0.29) is 0 Å². The molecule has 3 nitrogen and oxygen atoms in total. The van der Waals surface area contributed by atoms with E-state index in [1.165, 1.54) is 86.3 Å². The Labute approximate surface area is 442 Å². The van der Waals surface area contributed by atoms with E-state index in [9.17, 15) is 0 Å². The molecule has 4 heteroatoms. The molecular weight excluding hydrogens is 935 g/mol. The standard InChI is InChI=1S/C72H49N3Si/c1-4-21-50(22-5-1)52-23-20-28-60(47-52)76(57-24-6-2-7-25-57,58-26-8-3-9-27-58)59-42-39-51(40-43-59)53-45-55(74-69-36-17-12-31-63(69)64-32-13-18-37-70(64)74)48-56(46-53)75-71-38-19-14-33-65(71)66-44-41-54(49-72(66)75)73-67-34-15-10-29-61(67)62-30-11-16-35-68(62)73/h1-49H. The van der Waals surface area contributed by atoms with Crippen LogP contribution in [-0.2, 0) is 0 Å². The molecule has 0 atom stereocenters. The average molecular weight is 984 g/mol. The van der Waals surface area contributed by atoms with Crippen molar-refractivity contribution in [2.45, 2.75) is 0 Å². The van der Waals surface area contributed by atoms with Gasteiger partial charge in [0.1, 0.15) is 0 Å². The van der Waals surface area contributed by atoms with E-state index in [0.29, 0.717) is 0 Å². The SMILES string of the molecule is c1ccc(-c2cccc([Si](c3ccccc3)(c3ccccc3)c3ccc(-c4cc(-n5c6ccccc6c6ccccc65)cc(-n5c6ccccc6c6ccc(-n7c8ccccc8c8ccccc87)cc65)c4)cc3)c2)cc1. The molecule has 0 bridgehead atoms. The quantitative estimate of drug-likeness (QED) is 0.101. The lowest BCUT2D eigenvalue weighted by Gasteiger charge is -2.35. The fraction of sp³-hybridized carbons (Fsp3) is 0. The van der Waals surface area contributed by atoms with Gasteiger partial charge < -0.3 is 13.7 Å². The molecule has 0 saturated heterocycles. The Morgan fingerprint density at radius 2 is 0.539 bits per heavy atom. The maximum absolute atomic E-state index is 2.89. The van der Waals surface area contributed by atoms with Crippen LogP contribution in [0.3, 0.4) is 0 Å². The van der Waals surface area contributed by atoms with E-state index in [1.54, 1.807) is 0 Å². The summed E-state index contributed by atoms with van der Waals surface area (Å²) in [5, 5.41) is 12.8. The monoisotopic (exact) mass is 983 g/mol. The maximum atomic E-state index is 2.50. The van der Waals surface area contributed by atoms with Crippen molar-refractivity contribution >= 4 is 94.2 Å². The van der Waals surface area contributed by atoms with E-state index in [4.69, 9.17) is 0 Å². The van der Waals surface area contributed by atoms with Crippen LogP contribution in [0.15, 0.2) is 297 Å². The number of nitrogens with zero attached hydrogens (tertiary/aromatic N) is 3. The number of benzene rings is 12. The molecule has 356 valence electrons. The zero-order valence-corrected chi connectivity index (χ0v) is 42.6. The fourth-order valence-electron chi connectivity index (χ4n) is 12.6. The molecule has 12 aromatic carbocycles. The number of hydrogen-bond acceptors (Lipinski definition) is 0. The van der Waals surface area contributed by atoms with Gasteiger partial charge >= 0.3 is 0 Å². The van der Waals surface area contributed by atoms with Crippen molar-refractivity contribution in [3.63, 3.8) is 0 Å². The van der Waals surface area contributed by atoms with Gasteiger partial charge in [-0.25, -0.2) is 0 Å². The molecule has 0 radical (unpaired) electrons. The Hall–Kier alpha value is -9.74. The Balaban J connectivity index is 0.977. The van der Waals surface area contributed by atoms with E-state index in [0.717, 1.165) is 39.2 Å². The van der Waals surface area contributed by atoms with E-state index in [2.05, 4.69) is 311 Å². The van der Waals surface area contributed by atoms with Crippen LogP contribution < -0.4 is 20.7 Å². The van der Waals surface area contributed by atoms with Crippen LogP contribution in [0.1, 0.15) is 0 Å². The van der Waals surface area contributed by atoms with Crippen molar-refractivity contribution in [2.24, 2.45) is 0 Å². The Morgan fingerprint density at radius 3 is 1.03 bits per heavy atom. The summed E-state index contributed by atoms with van der Waals surface area (Å²) >= 11 is 0. The minimum Gasteiger partial charge on any atom is -0.309 e. The summed E-state index contributed by atoms with van der Waals surface area (Å²) in [6.45, 7) is 0. The third kappa shape index (κ3) is 6.81. The van der Waals surface area contributed by atoms with Crippen molar-refractivity contribution in [2.75, 3.05) is 0 Å². The van der Waals surface area contributed by atoms with E-state index >= 15 is 0 Å². The summed E-state index contributed by atoms with van der Waals surface area (Å²) in [5.41, 5.74) is 15.1. The Morgan fingerprint density at radius 1 is 0.184 bits per heavy atom. The molecule has 3 heterocycles. The first-order valence-corrected chi connectivity index (χ1v) is 28.2. The van der Waals surface area contributed by atoms with Crippen LogP contribution in [0.2, 0.25) is 0 Å². The van der Waals surface area contributed by atoms with Crippen LogP contribution in [0, 0.1) is 0 Å². The lowest BCUT2D eigenvalue weighted by atomic mass is 10.0. The molecule has 0 spiro atoms. The first-order valence-electron chi connectivity index (χ1n) is 26.2. The van der Waals surface area contributed by atoms with Gasteiger partial charge in [0.05, 0.1) is 33.1 Å². The number of aromatic nitrogens is 3. The topological polar surface area (TPSA) is 14.8 Å². The normalized spacial score (nSPS) is 11.9. The Bertz CT molecular complexity index is 4530. The predicted octanol–water partition coefficient (Wildman–Crippen LogP) is 15.7. The first-order chi connectivity index (χ1) is 37.7. The molecule has 0 fully saturated rings. The largest absolute Gasteiger partial charge is 0.309 e. The fourth-order valence-corrected chi connectivity index (χ4v) is 17.4. The van der Waals surface area contributed by atoms with Crippen LogP contribution >= 0.6 is 0 Å². The highest BCUT2D eigenvalue weighted by molar-refractivity contribution is 7.20. The molecule has 3 aromatic heterocycles. The van der Waals surface area contributed by atoms with Gasteiger partial charge in [-0.05, 0) is 104 Å². The number of hydrogen-bond donors (Lipinski definition) is 0. The molecule has 0 aliphatic rings. The highest BCUT2D eigenvalue weighted by Gasteiger charge is 2.41. The number of rotatable bonds is 9.